The Morgan fingerprint density at radius 2 is 2.36 bits per heavy atom. The predicted octanol–water partition coefficient (Wildman–Crippen LogP) is 0.583. The molecule has 4 heteroatoms. The van der Waals surface area contributed by atoms with Crippen molar-refractivity contribution in [2.45, 2.75) is 38.1 Å². The first-order valence-corrected chi connectivity index (χ1v) is 5.45. The van der Waals surface area contributed by atoms with Crippen LogP contribution in [0.4, 0.5) is 0 Å². The quantitative estimate of drug-likeness (QED) is 0.549. The third-order valence-electron chi connectivity index (χ3n) is 2.55. The Balaban J connectivity index is 1.90. The first-order valence-electron chi connectivity index (χ1n) is 5.45. The van der Waals surface area contributed by atoms with E-state index in [1.165, 1.54) is 19.3 Å². The molecule has 0 aromatic heterocycles. The van der Waals surface area contributed by atoms with Crippen molar-refractivity contribution in [3.63, 3.8) is 0 Å². The number of carboxylic acid groups (broad SMARTS) is 1. The van der Waals surface area contributed by atoms with E-state index in [0.717, 1.165) is 26.1 Å². The molecule has 1 fully saturated rings. The smallest absolute Gasteiger partial charge is 0.303 e. The van der Waals surface area contributed by atoms with Crippen molar-refractivity contribution in [3.8, 4) is 0 Å². The van der Waals surface area contributed by atoms with E-state index >= 15 is 0 Å². The fourth-order valence-corrected chi connectivity index (χ4v) is 1.74. The number of aliphatic carboxylic acids is 1. The second-order valence-corrected chi connectivity index (χ2v) is 3.85. The molecule has 0 radical (unpaired) electrons. The van der Waals surface area contributed by atoms with Crippen molar-refractivity contribution >= 4 is 5.97 Å². The topological polar surface area (TPSA) is 61.4 Å². The molecule has 1 aliphatic rings. The molecular formula is C10H20N2O2. The van der Waals surface area contributed by atoms with Crippen LogP contribution in [0, 0.1) is 0 Å². The van der Waals surface area contributed by atoms with Crippen LogP contribution in [0.5, 0.6) is 0 Å². The van der Waals surface area contributed by atoms with Gasteiger partial charge in [0.05, 0.1) is 0 Å². The Labute approximate surface area is 85.1 Å². The lowest BCUT2D eigenvalue weighted by atomic mass is 10.1. The average Bonchev–Trinajstić information content (AvgIpc) is 2.18. The number of rotatable bonds is 6. The van der Waals surface area contributed by atoms with Gasteiger partial charge in [0.15, 0.2) is 0 Å². The Bertz CT molecular complexity index is 168. The number of carbonyl (C=O) groups is 1. The summed E-state index contributed by atoms with van der Waals surface area (Å²) in [6.07, 6.45) is 4.84. The van der Waals surface area contributed by atoms with Crippen LogP contribution >= 0.6 is 0 Å². The van der Waals surface area contributed by atoms with Gasteiger partial charge in [-0.05, 0) is 32.4 Å². The minimum absolute atomic E-state index is 0.269. The van der Waals surface area contributed by atoms with Gasteiger partial charge in [-0.15, -0.1) is 0 Å². The molecule has 1 rings (SSSR count). The third-order valence-corrected chi connectivity index (χ3v) is 2.55. The van der Waals surface area contributed by atoms with Gasteiger partial charge in [0, 0.05) is 19.0 Å². The highest BCUT2D eigenvalue weighted by molar-refractivity contribution is 5.66. The summed E-state index contributed by atoms with van der Waals surface area (Å²) in [5.41, 5.74) is 0. The Morgan fingerprint density at radius 1 is 1.50 bits per heavy atom. The summed E-state index contributed by atoms with van der Waals surface area (Å²) in [7, 11) is 0. The standard InChI is InChI=1S/C10H20N2O2/c13-10(14)5-3-6-11-8-9-4-1-2-7-12-9/h9,11-12H,1-8H2,(H,13,14). The Hall–Kier alpha value is -0.610. The maximum atomic E-state index is 10.2. The van der Waals surface area contributed by atoms with Crippen LogP contribution in [-0.4, -0.2) is 36.8 Å². The van der Waals surface area contributed by atoms with E-state index in [9.17, 15) is 4.79 Å². The van der Waals surface area contributed by atoms with Crippen LogP contribution in [0.15, 0.2) is 0 Å². The number of nitrogens with one attached hydrogen (secondary N) is 2. The molecule has 0 aliphatic carbocycles. The minimum atomic E-state index is -0.706. The van der Waals surface area contributed by atoms with E-state index in [2.05, 4.69) is 10.6 Å². The Kier molecular flexibility index (Phi) is 5.56. The molecule has 0 bridgehead atoms. The molecule has 1 heterocycles. The Morgan fingerprint density at radius 3 is 3.00 bits per heavy atom. The van der Waals surface area contributed by atoms with Crippen molar-refractivity contribution in [2.75, 3.05) is 19.6 Å². The molecular weight excluding hydrogens is 180 g/mol. The van der Waals surface area contributed by atoms with Crippen molar-refractivity contribution in [2.24, 2.45) is 0 Å². The number of hydrogen-bond donors (Lipinski definition) is 3. The fraction of sp³-hybridized carbons (Fsp3) is 0.900. The SMILES string of the molecule is O=C(O)CCCNCC1CCCCN1. The summed E-state index contributed by atoms with van der Waals surface area (Å²) in [6.45, 7) is 2.91. The predicted molar refractivity (Wildman–Crippen MR) is 55.4 cm³/mol. The normalized spacial score (nSPS) is 22.1. The second-order valence-electron chi connectivity index (χ2n) is 3.85. The van der Waals surface area contributed by atoms with Gasteiger partial charge in [-0.3, -0.25) is 4.79 Å². The molecule has 1 unspecified atom stereocenters. The third kappa shape index (κ3) is 5.19. The van der Waals surface area contributed by atoms with E-state index in [4.69, 9.17) is 5.11 Å². The molecule has 0 spiro atoms. The molecule has 0 saturated carbocycles. The maximum Gasteiger partial charge on any atom is 0.303 e. The first kappa shape index (κ1) is 11.5. The van der Waals surface area contributed by atoms with Gasteiger partial charge >= 0.3 is 5.97 Å². The summed E-state index contributed by atoms with van der Waals surface area (Å²) in [5, 5.41) is 15.1. The molecule has 1 saturated heterocycles. The molecule has 3 N–H and O–H groups in total. The first-order chi connectivity index (χ1) is 6.79. The molecule has 82 valence electrons. The highest BCUT2D eigenvalue weighted by Crippen LogP contribution is 2.05. The zero-order valence-electron chi connectivity index (χ0n) is 8.59. The summed E-state index contributed by atoms with van der Waals surface area (Å²) >= 11 is 0. The zero-order valence-corrected chi connectivity index (χ0v) is 8.59. The summed E-state index contributed by atoms with van der Waals surface area (Å²) in [6, 6.07) is 0.591. The van der Waals surface area contributed by atoms with E-state index in [1.54, 1.807) is 0 Å². The van der Waals surface area contributed by atoms with Crippen LogP contribution in [0.25, 0.3) is 0 Å². The lowest BCUT2D eigenvalue weighted by Gasteiger charge is -2.23. The second kappa shape index (κ2) is 6.79. The van der Waals surface area contributed by atoms with Gasteiger partial charge < -0.3 is 15.7 Å². The van der Waals surface area contributed by atoms with E-state index in [1.807, 2.05) is 0 Å². The number of piperidine rings is 1. The van der Waals surface area contributed by atoms with Crippen LogP contribution in [-0.2, 0) is 4.79 Å². The monoisotopic (exact) mass is 200 g/mol. The van der Waals surface area contributed by atoms with E-state index < -0.39 is 5.97 Å². The lowest BCUT2D eigenvalue weighted by molar-refractivity contribution is -0.137. The molecule has 1 aliphatic heterocycles. The number of hydrogen-bond acceptors (Lipinski definition) is 3. The molecule has 0 aromatic rings. The van der Waals surface area contributed by atoms with Gasteiger partial charge in [0.1, 0.15) is 0 Å². The summed E-state index contributed by atoms with van der Waals surface area (Å²) in [4.78, 5) is 10.2. The van der Waals surface area contributed by atoms with Gasteiger partial charge in [0.25, 0.3) is 0 Å². The largest absolute Gasteiger partial charge is 0.481 e. The fourth-order valence-electron chi connectivity index (χ4n) is 1.74. The van der Waals surface area contributed by atoms with Crippen molar-refractivity contribution in [1.29, 1.82) is 0 Å². The molecule has 1 atom stereocenters. The van der Waals surface area contributed by atoms with Gasteiger partial charge in [0.2, 0.25) is 0 Å². The van der Waals surface area contributed by atoms with Crippen LogP contribution in [0.2, 0.25) is 0 Å². The van der Waals surface area contributed by atoms with Crippen molar-refractivity contribution < 1.29 is 9.90 Å². The van der Waals surface area contributed by atoms with E-state index in [-0.39, 0.29) is 6.42 Å². The highest BCUT2D eigenvalue weighted by Gasteiger charge is 2.10. The molecule has 0 aromatic carbocycles. The van der Waals surface area contributed by atoms with Crippen LogP contribution in [0.1, 0.15) is 32.1 Å². The molecule has 0 amide bonds. The minimum Gasteiger partial charge on any atom is -0.481 e. The van der Waals surface area contributed by atoms with Gasteiger partial charge in [-0.2, -0.15) is 0 Å². The van der Waals surface area contributed by atoms with Crippen molar-refractivity contribution in [3.05, 3.63) is 0 Å². The zero-order chi connectivity index (χ0) is 10.2. The van der Waals surface area contributed by atoms with Crippen molar-refractivity contribution in [1.82, 2.24) is 10.6 Å². The lowest BCUT2D eigenvalue weighted by Crippen LogP contribution is -2.41. The van der Waals surface area contributed by atoms with E-state index in [0.29, 0.717) is 6.04 Å². The molecule has 14 heavy (non-hydrogen) atoms. The molecule has 4 nitrogen and oxygen atoms in total. The maximum absolute atomic E-state index is 10.2. The average molecular weight is 200 g/mol. The van der Waals surface area contributed by atoms with Crippen LogP contribution in [0.3, 0.4) is 0 Å². The summed E-state index contributed by atoms with van der Waals surface area (Å²) < 4.78 is 0. The number of carboxylic acids is 1. The van der Waals surface area contributed by atoms with Gasteiger partial charge in [-0.1, -0.05) is 6.42 Å². The van der Waals surface area contributed by atoms with Crippen LogP contribution < -0.4 is 10.6 Å². The van der Waals surface area contributed by atoms with Gasteiger partial charge in [-0.25, -0.2) is 0 Å². The summed E-state index contributed by atoms with van der Waals surface area (Å²) in [5.74, 6) is -0.706. The highest BCUT2D eigenvalue weighted by atomic mass is 16.4.